The molecule has 0 fully saturated rings. The predicted molar refractivity (Wildman–Crippen MR) is 38.2 cm³/mol. The Morgan fingerprint density at radius 2 is 0.538 bits per heavy atom. The maximum atomic E-state index is 8.52. The molecule has 8 nitrogen and oxygen atoms in total. The average molecular weight is 273 g/mol. The molecule has 13 heteroatoms. The van der Waals surface area contributed by atoms with Gasteiger partial charge in [0.1, 0.15) is 0 Å². The molecular weight excluding hydrogens is 273 g/mol. The summed E-state index contributed by atoms with van der Waals surface area (Å²) >= 11 is 0. The van der Waals surface area contributed by atoms with Gasteiger partial charge in [0, 0.05) is 72.9 Å². The Hall–Kier alpha value is 1.34. The van der Waals surface area contributed by atoms with E-state index in [1.165, 1.54) is 0 Å². The molecule has 0 heterocycles. The first kappa shape index (κ1) is 29.3. The first-order valence-electron chi connectivity index (χ1n) is 1.33. The van der Waals surface area contributed by atoms with Crippen LogP contribution in [0.2, 0.25) is 0 Å². The predicted octanol–water partition coefficient (Wildman–Crippen LogP) is -3.82. The monoisotopic (exact) mass is 273 g/mol. The average Bonchev–Trinajstić information content (AvgIpc) is 1.12. The number of hydrogen-bond donors (Lipinski definition) is 0. The van der Waals surface area contributed by atoms with Crippen molar-refractivity contribution in [2.75, 3.05) is 0 Å². The fourth-order valence-electron chi connectivity index (χ4n) is 0. The van der Waals surface area contributed by atoms with E-state index in [0.29, 0.717) is 0 Å². The van der Waals surface area contributed by atoms with Crippen LogP contribution in [-0.4, -0.2) is 87.1 Å². The molecule has 0 N–H and O–H groups in total. The van der Waals surface area contributed by atoms with E-state index in [0.717, 1.165) is 0 Å². The van der Waals surface area contributed by atoms with Crippen molar-refractivity contribution >= 4 is 72.9 Å². The topological polar surface area (TPSA) is 161 Å². The van der Waals surface area contributed by atoms with Crippen LogP contribution in [0.15, 0.2) is 0 Å². The van der Waals surface area contributed by atoms with Crippen LogP contribution in [0.5, 0.6) is 0 Å². The van der Waals surface area contributed by atoms with E-state index in [1.54, 1.807) is 0 Å². The standard InChI is InChI=1S/3Al.2H2O4S/c;;;2*1-5(2,3)4/h;;;2*(H2,1,2,3,4)/p-4. The highest BCUT2D eigenvalue weighted by molar-refractivity contribution is 7.79. The van der Waals surface area contributed by atoms with E-state index >= 15 is 0 Å². The van der Waals surface area contributed by atoms with Crippen LogP contribution in [0.1, 0.15) is 0 Å². The zero-order valence-electron chi connectivity index (χ0n) is 5.81. The highest BCUT2D eigenvalue weighted by atomic mass is 32.3. The molecule has 13 heavy (non-hydrogen) atoms. The minimum absolute atomic E-state index is 0. The van der Waals surface area contributed by atoms with Crippen molar-refractivity contribution in [3.8, 4) is 0 Å². The summed E-state index contributed by atoms with van der Waals surface area (Å²) in [5.74, 6) is 0. The summed E-state index contributed by atoms with van der Waals surface area (Å²) in [4.78, 5) is 0. The Labute approximate surface area is 107 Å². The van der Waals surface area contributed by atoms with E-state index < -0.39 is 20.8 Å². The minimum atomic E-state index is -5.17. The van der Waals surface area contributed by atoms with Crippen LogP contribution >= 0.6 is 0 Å². The summed E-state index contributed by atoms with van der Waals surface area (Å²) in [5.41, 5.74) is 0. The molecular formula is Al3O8S2-4. The summed E-state index contributed by atoms with van der Waals surface area (Å²) in [5, 5.41) is 0. The molecule has 0 aliphatic carbocycles. The zero-order chi connectivity index (χ0) is 9.00. The van der Waals surface area contributed by atoms with Crippen molar-refractivity contribution < 1.29 is 35.0 Å². The van der Waals surface area contributed by atoms with E-state index in [9.17, 15) is 0 Å². The zero-order valence-corrected chi connectivity index (χ0v) is 10.9. The summed E-state index contributed by atoms with van der Waals surface area (Å²) in [6, 6.07) is 0. The van der Waals surface area contributed by atoms with Gasteiger partial charge in [-0.15, -0.1) is 0 Å². The first-order chi connectivity index (χ1) is 4.00. The Kier molecular flexibility index (Phi) is 25.7. The van der Waals surface area contributed by atoms with Crippen molar-refractivity contribution in [1.82, 2.24) is 0 Å². The van der Waals surface area contributed by atoms with E-state index in [4.69, 9.17) is 35.0 Å². The third-order valence-corrected chi connectivity index (χ3v) is 0. The van der Waals surface area contributed by atoms with Gasteiger partial charge in [0.15, 0.2) is 0 Å². The number of rotatable bonds is 0. The van der Waals surface area contributed by atoms with Gasteiger partial charge in [-0.1, -0.05) is 0 Å². The molecule has 0 aromatic rings. The number of hydrogen-bond acceptors (Lipinski definition) is 8. The van der Waals surface area contributed by atoms with Crippen LogP contribution < -0.4 is 0 Å². The Balaban J connectivity index is -0.0000000267. The van der Waals surface area contributed by atoms with Gasteiger partial charge in [-0.05, 0) is 0 Å². The molecule has 9 radical (unpaired) electrons. The molecule has 0 saturated carbocycles. The lowest BCUT2D eigenvalue weighted by molar-refractivity contribution is 0.350. The minimum Gasteiger partial charge on any atom is -0.759 e. The highest BCUT2D eigenvalue weighted by Gasteiger charge is 1.50. The van der Waals surface area contributed by atoms with Gasteiger partial charge in [0.25, 0.3) is 0 Å². The van der Waals surface area contributed by atoms with Crippen molar-refractivity contribution in [1.29, 1.82) is 0 Å². The Morgan fingerprint density at radius 1 is 0.538 bits per heavy atom. The molecule has 0 aromatic heterocycles. The van der Waals surface area contributed by atoms with Crippen molar-refractivity contribution in [2.45, 2.75) is 0 Å². The second-order valence-corrected chi connectivity index (χ2v) is 2.45. The molecule has 0 aliphatic rings. The fourth-order valence-corrected chi connectivity index (χ4v) is 0. The molecule has 0 bridgehead atoms. The second-order valence-electron chi connectivity index (χ2n) is 0.816. The molecule has 0 atom stereocenters. The van der Waals surface area contributed by atoms with Crippen molar-refractivity contribution in [3.05, 3.63) is 0 Å². The molecule has 0 spiro atoms. The summed E-state index contributed by atoms with van der Waals surface area (Å²) in [7, 11) is -10.3. The quantitative estimate of drug-likeness (QED) is 0.246. The van der Waals surface area contributed by atoms with Gasteiger partial charge in [-0.2, -0.15) is 0 Å². The van der Waals surface area contributed by atoms with Crippen molar-refractivity contribution in [2.24, 2.45) is 0 Å². The van der Waals surface area contributed by atoms with E-state index in [1.807, 2.05) is 0 Å². The molecule has 0 aliphatic heterocycles. The lowest BCUT2D eigenvalue weighted by atomic mass is 15.8. The highest BCUT2D eigenvalue weighted by Crippen LogP contribution is 1.58. The normalized spacial score (nSPS) is 8.92. The molecule has 73 valence electrons. The van der Waals surface area contributed by atoms with E-state index in [-0.39, 0.29) is 52.1 Å². The van der Waals surface area contributed by atoms with Gasteiger partial charge < -0.3 is 18.2 Å². The summed E-state index contributed by atoms with van der Waals surface area (Å²) < 4.78 is 68.2. The third kappa shape index (κ3) is 958. The van der Waals surface area contributed by atoms with Crippen LogP contribution in [0.3, 0.4) is 0 Å². The second kappa shape index (κ2) is 11.4. The maximum absolute atomic E-state index is 8.52. The van der Waals surface area contributed by atoms with Crippen LogP contribution in [0.4, 0.5) is 0 Å². The van der Waals surface area contributed by atoms with Gasteiger partial charge in [-0.25, -0.2) is 0 Å². The van der Waals surface area contributed by atoms with Gasteiger partial charge in [0.05, 0.1) is 0 Å². The first-order valence-corrected chi connectivity index (χ1v) is 4.00. The third-order valence-electron chi connectivity index (χ3n) is 0. The fraction of sp³-hybridized carbons (Fsp3) is 0. The molecule has 0 rings (SSSR count). The van der Waals surface area contributed by atoms with Crippen LogP contribution in [-0.2, 0) is 20.8 Å². The molecule has 0 aromatic carbocycles. The van der Waals surface area contributed by atoms with E-state index in [2.05, 4.69) is 0 Å². The maximum Gasteiger partial charge on any atom is 0.0311 e. The van der Waals surface area contributed by atoms with Gasteiger partial charge in [0.2, 0.25) is 0 Å². The van der Waals surface area contributed by atoms with Crippen molar-refractivity contribution in [3.63, 3.8) is 0 Å². The van der Waals surface area contributed by atoms with Crippen LogP contribution in [0.25, 0.3) is 0 Å². The lowest BCUT2D eigenvalue weighted by Gasteiger charge is -2.06. The molecule has 0 amide bonds. The van der Waals surface area contributed by atoms with Crippen LogP contribution in [0, 0.1) is 0 Å². The molecule has 0 unspecified atom stereocenters. The Morgan fingerprint density at radius 3 is 0.538 bits per heavy atom. The largest absolute Gasteiger partial charge is 0.759 e. The smallest absolute Gasteiger partial charge is 0.0311 e. The SMILES string of the molecule is O=S(=O)([O-])[O-].O=S(=O)([O-])[O-].[Al].[Al].[Al]. The summed E-state index contributed by atoms with van der Waals surface area (Å²) in [6.07, 6.45) is 0. The van der Waals surface area contributed by atoms with Gasteiger partial charge in [-0.3, -0.25) is 16.8 Å². The molecule has 0 saturated heterocycles. The lowest BCUT2D eigenvalue weighted by Crippen LogP contribution is -1.91. The van der Waals surface area contributed by atoms with Gasteiger partial charge >= 0.3 is 0 Å². The summed E-state index contributed by atoms with van der Waals surface area (Å²) in [6.45, 7) is 0. The Bertz CT molecular complexity index is 214.